The first-order valence-electron chi connectivity index (χ1n) is 10.3. The van der Waals surface area contributed by atoms with Crippen molar-refractivity contribution in [3.8, 4) is 17.2 Å². The molecule has 5 rings (SSSR count). The zero-order chi connectivity index (χ0) is 22.9. The van der Waals surface area contributed by atoms with E-state index < -0.39 is 16.6 Å². The predicted molar refractivity (Wildman–Crippen MR) is 121 cm³/mol. The van der Waals surface area contributed by atoms with E-state index in [0.29, 0.717) is 59.5 Å². The number of fused-ring (bicyclic) bond motifs is 1. The molecule has 0 spiro atoms. The van der Waals surface area contributed by atoms with Crippen LogP contribution in [0.3, 0.4) is 0 Å². The number of carbonyl (C=O) groups excluding carboxylic acids is 1. The molecule has 1 aliphatic heterocycles. The van der Waals surface area contributed by atoms with Gasteiger partial charge in [-0.1, -0.05) is 6.07 Å². The van der Waals surface area contributed by atoms with E-state index in [-0.39, 0.29) is 5.91 Å². The van der Waals surface area contributed by atoms with Gasteiger partial charge in [0, 0.05) is 66.7 Å². The molecule has 0 radical (unpaired) electrons. The van der Waals surface area contributed by atoms with Gasteiger partial charge in [0.05, 0.1) is 40.1 Å². The van der Waals surface area contributed by atoms with E-state index in [9.17, 15) is 13.4 Å². The lowest BCUT2D eigenvalue weighted by Gasteiger charge is -2.26. The minimum Gasteiger partial charge on any atom is -0.378 e. The molecule has 1 amide bonds. The number of amides is 1. The predicted octanol–water partition coefficient (Wildman–Crippen LogP) is 2.83. The first-order valence-corrected chi connectivity index (χ1v) is 11.9. The Bertz CT molecular complexity index is 1370. The highest BCUT2D eigenvalue weighted by molar-refractivity contribution is 7.84. The summed E-state index contributed by atoms with van der Waals surface area (Å²) in [6, 6.07) is 7.91. The summed E-state index contributed by atoms with van der Waals surface area (Å²) in [4.78, 5) is 28.4. The number of pyridine rings is 1. The minimum absolute atomic E-state index is 0.0828. The maximum Gasteiger partial charge on any atom is 0.254 e. The normalized spacial score (nSPS) is 15.0. The lowest BCUT2D eigenvalue weighted by Crippen LogP contribution is -2.40. The Morgan fingerprint density at radius 1 is 1.09 bits per heavy atom. The van der Waals surface area contributed by atoms with Crippen LogP contribution in [-0.2, 0) is 15.5 Å². The van der Waals surface area contributed by atoms with E-state index in [0.717, 1.165) is 5.39 Å². The van der Waals surface area contributed by atoms with E-state index >= 15 is 0 Å². The van der Waals surface area contributed by atoms with E-state index in [4.69, 9.17) is 4.74 Å². The van der Waals surface area contributed by atoms with E-state index in [1.165, 1.54) is 18.3 Å². The standard InChI is InChI=1S/C23H20FN5O3S/c1-33(31)21-14-29(23-26-12-16(13-27-23)19-11-17(24)4-5-25-19)20-10-15(2-3-18(20)21)22(30)28-6-8-32-9-7-28/h2-5,10-14H,6-9H2,1H3. The molecule has 3 aromatic heterocycles. The number of morpholine rings is 1. The van der Waals surface area contributed by atoms with Crippen LogP contribution in [0.1, 0.15) is 10.4 Å². The van der Waals surface area contributed by atoms with Crippen molar-refractivity contribution >= 4 is 27.6 Å². The van der Waals surface area contributed by atoms with Gasteiger partial charge in [0.2, 0.25) is 5.95 Å². The van der Waals surface area contributed by atoms with Gasteiger partial charge in [0.25, 0.3) is 5.91 Å². The molecule has 4 heterocycles. The Morgan fingerprint density at radius 2 is 1.85 bits per heavy atom. The molecular formula is C23H20FN5O3S. The van der Waals surface area contributed by atoms with Crippen LogP contribution in [0, 0.1) is 5.82 Å². The van der Waals surface area contributed by atoms with Gasteiger partial charge in [0.1, 0.15) is 5.82 Å². The van der Waals surface area contributed by atoms with Crippen LogP contribution in [0.25, 0.3) is 28.1 Å². The highest BCUT2D eigenvalue weighted by Crippen LogP contribution is 2.28. The van der Waals surface area contributed by atoms with Gasteiger partial charge in [-0.25, -0.2) is 14.4 Å². The maximum atomic E-state index is 13.5. The summed E-state index contributed by atoms with van der Waals surface area (Å²) >= 11 is 0. The van der Waals surface area contributed by atoms with E-state index in [2.05, 4.69) is 15.0 Å². The number of ether oxygens (including phenoxy) is 1. The first kappa shape index (κ1) is 21.4. The number of hydrogen-bond donors (Lipinski definition) is 0. The van der Waals surface area contributed by atoms with Crippen molar-refractivity contribution in [1.82, 2.24) is 24.4 Å². The highest BCUT2D eigenvalue weighted by atomic mass is 32.2. The Kier molecular flexibility index (Phi) is 5.69. The van der Waals surface area contributed by atoms with Crippen molar-refractivity contribution in [2.75, 3.05) is 32.6 Å². The number of aromatic nitrogens is 4. The molecule has 168 valence electrons. The Morgan fingerprint density at radius 3 is 2.55 bits per heavy atom. The van der Waals surface area contributed by atoms with Crippen LogP contribution in [0.4, 0.5) is 4.39 Å². The molecule has 8 nitrogen and oxygen atoms in total. The third-order valence-electron chi connectivity index (χ3n) is 5.50. The third kappa shape index (κ3) is 4.14. The quantitative estimate of drug-likeness (QED) is 0.460. The van der Waals surface area contributed by atoms with Gasteiger partial charge in [-0.15, -0.1) is 0 Å². The second-order valence-electron chi connectivity index (χ2n) is 7.59. The highest BCUT2D eigenvalue weighted by Gasteiger charge is 2.21. The van der Waals surface area contributed by atoms with Crippen molar-refractivity contribution < 1.29 is 18.1 Å². The smallest absolute Gasteiger partial charge is 0.254 e. The van der Waals surface area contributed by atoms with Crippen LogP contribution in [0.2, 0.25) is 0 Å². The molecule has 1 atom stereocenters. The first-order chi connectivity index (χ1) is 16.0. The van der Waals surface area contributed by atoms with Crippen molar-refractivity contribution in [2.24, 2.45) is 0 Å². The molecule has 1 aliphatic rings. The topological polar surface area (TPSA) is 90.2 Å². The summed E-state index contributed by atoms with van der Waals surface area (Å²) in [7, 11) is -1.25. The molecule has 0 saturated carbocycles. The molecule has 4 aromatic rings. The number of halogens is 1. The Hall–Kier alpha value is -3.50. The molecule has 1 saturated heterocycles. The largest absolute Gasteiger partial charge is 0.378 e. The second kappa shape index (κ2) is 8.80. The van der Waals surface area contributed by atoms with Gasteiger partial charge in [-0.05, 0) is 18.2 Å². The zero-order valence-corrected chi connectivity index (χ0v) is 18.6. The number of carbonyl (C=O) groups is 1. The van der Waals surface area contributed by atoms with E-state index in [1.807, 2.05) is 0 Å². The Labute approximate surface area is 191 Å². The van der Waals surface area contributed by atoms with Crippen molar-refractivity contribution in [2.45, 2.75) is 4.90 Å². The molecule has 33 heavy (non-hydrogen) atoms. The minimum atomic E-state index is -1.25. The van der Waals surface area contributed by atoms with Gasteiger partial charge in [-0.2, -0.15) is 0 Å². The average molecular weight is 466 g/mol. The van der Waals surface area contributed by atoms with Crippen LogP contribution < -0.4 is 0 Å². The van der Waals surface area contributed by atoms with Gasteiger partial charge in [-0.3, -0.25) is 18.6 Å². The van der Waals surface area contributed by atoms with Gasteiger partial charge in [0.15, 0.2) is 0 Å². The van der Waals surface area contributed by atoms with Crippen molar-refractivity contribution in [1.29, 1.82) is 0 Å². The molecule has 1 unspecified atom stereocenters. The van der Waals surface area contributed by atoms with Gasteiger partial charge >= 0.3 is 0 Å². The fourth-order valence-corrected chi connectivity index (χ4v) is 4.55. The fourth-order valence-electron chi connectivity index (χ4n) is 3.81. The summed E-state index contributed by atoms with van der Waals surface area (Å²) in [5.74, 6) is -0.138. The molecule has 0 N–H and O–H groups in total. The maximum absolute atomic E-state index is 13.5. The van der Waals surface area contributed by atoms with Crippen molar-refractivity contribution in [3.63, 3.8) is 0 Å². The number of rotatable bonds is 4. The summed E-state index contributed by atoms with van der Waals surface area (Å²) in [6.45, 7) is 2.12. The van der Waals surface area contributed by atoms with Crippen LogP contribution in [0.5, 0.6) is 0 Å². The summed E-state index contributed by atoms with van der Waals surface area (Å²) in [5.41, 5.74) is 2.19. The number of hydrogen-bond acceptors (Lipinski definition) is 6. The molecule has 0 aliphatic carbocycles. The van der Waals surface area contributed by atoms with Crippen LogP contribution in [-0.4, -0.2) is 67.1 Å². The monoisotopic (exact) mass is 465 g/mol. The zero-order valence-electron chi connectivity index (χ0n) is 17.8. The Balaban J connectivity index is 1.56. The number of nitrogens with zero attached hydrogens (tertiary/aromatic N) is 5. The van der Waals surface area contributed by atoms with Gasteiger partial charge < -0.3 is 9.64 Å². The fraction of sp³-hybridized carbons (Fsp3) is 0.217. The molecular weight excluding hydrogens is 445 g/mol. The lowest BCUT2D eigenvalue weighted by molar-refractivity contribution is 0.0303. The summed E-state index contributed by atoms with van der Waals surface area (Å²) in [5, 5.41) is 0.758. The number of benzene rings is 1. The average Bonchev–Trinajstić information content (AvgIpc) is 3.23. The SMILES string of the molecule is CS(=O)c1cn(-c2ncc(-c3cc(F)ccn3)cn2)c2cc(C(=O)N3CCOCC3)ccc12. The molecule has 1 fully saturated rings. The third-order valence-corrected chi connectivity index (χ3v) is 6.44. The van der Waals surface area contributed by atoms with Crippen molar-refractivity contribution in [3.05, 3.63) is 66.5 Å². The van der Waals surface area contributed by atoms with E-state index in [1.54, 1.807) is 52.5 Å². The summed E-state index contributed by atoms with van der Waals surface area (Å²) < 4.78 is 33.0. The summed E-state index contributed by atoms with van der Waals surface area (Å²) in [6.07, 6.45) is 7.82. The molecule has 1 aromatic carbocycles. The molecule has 0 bridgehead atoms. The second-order valence-corrected chi connectivity index (χ2v) is 8.93. The van der Waals surface area contributed by atoms with Crippen LogP contribution in [0.15, 0.2) is 60.0 Å². The lowest BCUT2D eigenvalue weighted by atomic mass is 10.1. The van der Waals surface area contributed by atoms with Crippen LogP contribution >= 0.6 is 0 Å². The molecule has 10 heteroatoms.